The number of hydrogen-bond acceptors (Lipinski definition) is 4. The molecule has 6 aromatic rings. The molecule has 6 aromatic carbocycles. The molecular weight excluding hydrogens is 721 g/mol. The average molecular weight is 757 g/mol. The van der Waals surface area contributed by atoms with Crippen molar-refractivity contribution in [3.8, 4) is 56.4 Å². The van der Waals surface area contributed by atoms with Crippen LogP contribution in [0.25, 0.3) is 33.4 Å². The van der Waals surface area contributed by atoms with Crippen molar-refractivity contribution in [2.75, 3.05) is 13.6 Å². The van der Waals surface area contributed by atoms with Gasteiger partial charge < -0.3 is 29.9 Å². The summed E-state index contributed by atoms with van der Waals surface area (Å²) in [5.41, 5.74) is 7.04. The second-order valence-electron chi connectivity index (χ2n) is 9.99. The zero-order chi connectivity index (χ0) is 30.1. The summed E-state index contributed by atoms with van der Waals surface area (Å²) in [6.45, 7) is 0.490. The summed E-state index contributed by atoms with van der Waals surface area (Å²) in [7, 11) is 5.47. The summed E-state index contributed by atoms with van der Waals surface area (Å²) >= 11 is 0. The molecule has 0 saturated heterocycles. The van der Waals surface area contributed by atoms with E-state index < -0.39 is 0 Å². The molecule has 2 aliphatic heterocycles. The Kier molecular flexibility index (Phi) is 14.6. The first-order valence-electron chi connectivity index (χ1n) is 14.3. The molecule has 0 saturated carbocycles. The molecule has 6 nitrogen and oxygen atoms in total. The van der Waals surface area contributed by atoms with Gasteiger partial charge in [0.25, 0.3) is 0 Å². The van der Waals surface area contributed by atoms with Gasteiger partial charge in [0.1, 0.15) is 0 Å². The van der Waals surface area contributed by atoms with E-state index in [9.17, 15) is 0 Å². The Bertz CT molecular complexity index is 1620. The molecule has 0 bridgehead atoms. The topological polar surface area (TPSA) is 99.9 Å². The Morgan fingerprint density at radius 3 is 0.915 bits per heavy atom. The van der Waals surface area contributed by atoms with E-state index in [1.165, 1.54) is 22.3 Å². The molecule has 0 aromatic heterocycles. The van der Waals surface area contributed by atoms with E-state index in [4.69, 9.17) is 18.9 Å². The minimum atomic E-state index is 0. The zero-order valence-corrected chi connectivity index (χ0v) is 29.2. The Morgan fingerprint density at radius 2 is 0.638 bits per heavy atom. The Morgan fingerprint density at radius 1 is 0.362 bits per heavy atom. The third kappa shape index (κ3) is 9.07. The summed E-state index contributed by atoms with van der Waals surface area (Å²) in [6, 6.07) is 49.4. The first-order chi connectivity index (χ1) is 21.7. The minimum Gasteiger partial charge on any atom is -0.454 e. The van der Waals surface area contributed by atoms with Crippen LogP contribution in [0.4, 0.5) is 0 Å². The number of benzene rings is 6. The molecule has 0 spiro atoms. The standard InChI is InChI=1S/C14H12O4P2.2C12H10.2H2O.Pd/c19-9-3-1-7-13(17-5-15-7)11(9)12-10(20)4-2-8-14(12)18-6-16-8;2*1-3-7-11(8-4-1)12-9-5-2-6-10-12;;;/h1-4H,5-6,19-20H2;2*1-10H;2*1H2;. The second kappa shape index (κ2) is 18.3. The van der Waals surface area contributed by atoms with Gasteiger partial charge in [-0.1, -0.05) is 133 Å². The molecule has 244 valence electrons. The maximum atomic E-state index is 5.64. The van der Waals surface area contributed by atoms with Crippen LogP contribution in [0.15, 0.2) is 146 Å². The predicted molar refractivity (Wildman–Crippen MR) is 194 cm³/mol. The van der Waals surface area contributed by atoms with Crippen LogP contribution in [-0.4, -0.2) is 24.5 Å². The van der Waals surface area contributed by atoms with Gasteiger partial charge in [0.05, 0.1) is 0 Å². The van der Waals surface area contributed by atoms with Crippen molar-refractivity contribution in [1.29, 1.82) is 0 Å². The van der Waals surface area contributed by atoms with Gasteiger partial charge in [-0.3, -0.25) is 0 Å². The fourth-order valence-corrected chi connectivity index (χ4v) is 5.76. The molecule has 0 radical (unpaired) electrons. The number of ether oxygens (including phenoxy) is 4. The van der Waals surface area contributed by atoms with Gasteiger partial charge in [0, 0.05) is 31.5 Å². The van der Waals surface area contributed by atoms with Gasteiger partial charge in [-0.15, -0.1) is 18.5 Å². The van der Waals surface area contributed by atoms with E-state index in [0.717, 1.165) is 44.7 Å². The van der Waals surface area contributed by atoms with E-state index in [1.54, 1.807) is 0 Å². The van der Waals surface area contributed by atoms with Crippen molar-refractivity contribution in [2.24, 2.45) is 0 Å². The van der Waals surface area contributed by atoms with Crippen LogP contribution < -0.4 is 29.6 Å². The predicted octanol–water partition coefficient (Wildman–Crippen LogP) is 6.87. The third-order valence-electron chi connectivity index (χ3n) is 7.15. The fourth-order valence-electron chi connectivity index (χ4n) is 5.01. The average Bonchev–Trinajstić information content (AvgIpc) is 3.78. The third-order valence-corrected chi connectivity index (χ3v) is 8.12. The van der Waals surface area contributed by atoms with E-state index in [0.29, 0.717) is 0 Å². The van der Waals surface area contributed by atoms with Crippen LogP contribution >= 0.6 is 18.5 Å². The molecule has 0 fully saturated rings. The molecule has 4 N–H and O–H groups in total. The Hall–Kier alpha value is -4.04. The minimum absolute atomic E-state index is 0. The van der Waals surface area contributed by atoms with Crippen LogP contribution in [-0.2, 0) is 20.4 Å². The summed E-state index contributed by atoms with van der Waals surface area (Å²) < 4.78 is 22.2. The molecular formula is C38H36O6P2Pd. The van der Waals surface area contributed by atoms with Crippen molar-refractivity contribution < 1.29 is 50.3 Å². The molecule has 0 amide bonds. The van der Waals surface area contributed by atoms with Crippen LogP contribution in [0.1, 0.15) is 0 Å². The number of rotatable bonds is 3. The van der Waals surface area contributed by atoms with Gasteiger partial charge in [0.15, 0.2) is 23.0 Å². The zero-order valence-electron chi connectivity index (χ0n) is 25.4. The molecule has 9 heteroatoms. The van der Waals surface area contributed by atoms with E-state index in [2.05, 4.69) is 116 Å². The van der Waals surface area contributed by atoms with Crippen molar-refractivity contribution in [3.63, 3.8) is 0 Å². The van der Waals surface area contributed by atoms with Crippen molar-refractivity contribution in [2.45, 2.75) is 0 Å². The van der Waals surface area contributed by atoms with Crippen LogP contribution in [0.2, 0.25) is 0 Å². The molecule has 2 heterocycles. The maximum Gasteiger partial charge on any atom is 0.231 e. The molecule has 2 aliphatic rings. The molecule has 47 heavy (non-hydrogen) atoms. The first-order valence-corrected chi connectivity index (χ1v) is 15.4. The van der Waals surface area contributed by atoms with Gasteiger partial charge in [-0.25, -0.2) is 0 Å². The summed E-state index contributed by atoms with van der Waals surface area (Å²) in [5.74, 6) is 3.02. The van der Waals surface area contributed by atoms with Crippen LogP contribution in [0, 0.1) is 0 Å². The van der Waals surface area contributed by atoms with Gasteiger partial charge in [-0.2, -0.15) is 0 Å². The fraction of sp³-hybridized carbons (Fsp3) is 0.0526. The van der Waals surface area contributed by atoms with Gasteiger partial charge in [-0.05, 0) is 45.0 Å². The number of fused-ring (bicyclic) bond motifs is 2. The van der Waals surface area contributed by atoms with E-state index in [-0.39, 0.29) is 45.0 Å². The normalized spacial score (nSPS) is 11.2. The van der Waals surface area contributed by atoms with Crippen LogP contribution in [0.3, 0.4) is 0 Å². The van der Waals surface area contributed by atoms with Crippen LogP contribution in [0.5, 0.6) is 23.0 Å². The van der Waals surface area contributed by atoms with Gasteiger partial charge >= 0.3 is 0 Å². The summed E-state index contributed by atoms with van der Waals surface area (Å²) in [5, 5.41) is 2.06. The summed E-state index contributed by atoms with van der Waals surface area (Å²) in [6.07, 6.45) is 0. The monoisotopic (exact) mass is 756 g/mol. The smallest absolute Gasteiger partial charge is 0.231 e. The molecule has 2 unspecified atom stereocenters. The van der Waals surface area contributed by atoms with E-state index in [1.807, 2.05) is 48.5 Å². The van der Waals surface area contributed by atoms with Gasteiger partial charge in [0.2, 0.25) is 13.6 Å². The Balaban J connectivity index is 0.000000195. The Labute approximate surface area is 293 Å². The number of hydrogen-bond donors (Lipinski definition) is 0. The summed E-state index contributed by atoms with van der Waals surface area (Å²) in [4.78, 5) is 0. The molecule has 0 aliphatic carbocycles. The molecule has 8 rings (SSSR count). The van der Waals surface area contributed by atoms with Crippen molar-refractivity contribution in [3.05, 3.63) is 146 Å². The maximum absolute atomic E-state index is 5.64. The largest absolute Gasteiger partial charge is 0.454 e. The van der Waals surface area contributed by atoms with E-state index >= 15 is 0 Å². The first kappa shape index (κ1) is 37.4. The van der Waals surface area contributed by atoms with Crippen molar-refractivity contribution >= 4 is 29.1 Å². The second-order valence-corrected chi connectivity index (χ2v) is 11.2. The molecule has 2 atom stereocenters. The quantitative estimate of drug-likeness (QED) is 0.146. The van der Waals surface area contributed by atoms with Crippen molar-refractivity contribution in [1.82, 2.24) is 0 Å². The SMILES string of the molecule is O.O.Pc1ccc2c(c1-c1c(P)ccc3c1OCO3)OCO2.[Pd].c1ccc(-c2ccccc2)cc1.c1ccc(-c2ccccc2)cc1.